The number of nitrogens with zero attached hydrogens (tertiary/aromatic N) is 3. The summed E-state index contributed by atoms with van der Waals surface area (Å²) < 4.78 is 16.8. The molecule has 11 heteroatoms. The number of anilines is 1. The van der Waals surface area contributed by atoms with Crippen LogP contribution in [0.4, 0.5) is 5.69 Å². The van der Waals surface area contributed by atoms with Crippen molar-refractivity contribution in [3.8, 4) is 11.6 Å². The summed E-state index contributed by atoms with van der Waals surface area (Å²) in [6.45, 7) is 7.61. The molecule has 3 heterocycles. The van der Waals surface area contributed by atoms with E-state index in [0.717, 1.165) is 51.5 Å². The van der Waals surface area contributed by atoms with Gasteiger partial charge in [-0.15, -0.1) is 0 Å². The molecular formula is C24H33ClN6O4. The monoisotopic (exact) mass is 504 g/mol. The Bertz CT molecular complexity index is 1020. The summed E-state index contributed by atoms with van der Waals surface area (Å²) in [5.41, 5.74) is 14.6. The van der Waals surface area contributed by atoms with Gasteiger partial charge in [-0.05, 0) is 38.0 Å². The van der Waals surface area contributed by atoms with Crippen molar-refractivity contribution in [1.29, 1.82) is 0 Å². The van der Waals surface area contributed by atoms with Gasteiger partial charge in [0.1, 0.15) is 24.4 Å². The lowest BCUT2D eigenvalue weighted by molar-refractivity contribution is -0.142. The lowest BCUT2D eigenvalue weighted by Gasteiger charge is -2.47. The maximum absolute atomic E-state index is 6.11. The van der Waals surface area contributed by atoms with Crippen LogP contribution in [-0.2, 0) is 14.3 Å². The maximum atomic E-state index is 6.11. The molecule has 10 nitrogen and oxygen atoms in total. The van der Waals surface area contributed by atoms with Crippen molar-refractivity contribution in [2.75, 3.05) is 58.8 Å². The van der Waals surface area contributed by atoms with Crippen molar-refractivity contribution in [3.63, 3.8) is 0 Å². The number of hydrazine groups is 1. The van der Waals surface area contributed by atoms with Gasteiger partial charge in [-0.25, -0.2) is 20.5 Å². The lowest BCUT2D eigenvalue weighted by Crippen LogP contribution is -2.59. The summed E-state index contributed by atoms with van der Waals surface area (Å²) in [5, 5.41) is 2.69. The number of hydrogen-bond donors (Lipinski definition) is 3. The van der Waals surface area contributed by atoms with Gasteiger partial charge in [-0.3, -0.25) is 10.3 Å². The van der Waals surface area contributed by atoms with Gasteiger partial charge in [0.05, 0.1) is 42.3 Å². The van der Waals surface area contributed by atoms with E-state index in [0.29, 0.717) is 39.1 Å². The number of rotatable bonds is 11. The average Bonchev–Trinajstić information content (AvgIpc) is 2.84. The summed E-state index contributed by atoms with van der Waals surface area (Å²) in [6, 6.07) is 5.06. The van der Waals surface area contributed by atoms with Crippen molar-refractivity contribution >= 4 is 23.4 Å². The van der Waals surface area contributed by atoms with E-state index in [1.807, 2.05) is 13.0 Å². The average molecular weight is 505 g/mol. The van der Waals surface area contributed by atoms with Crippen molar-refractivity contribution in [3.05, 3.63) is 46.6 Å². The molecule has 0 atom stereocenters. The first-order chi connectivity index (χ1) is 17.0. The third-order valence-corrected chi connectivity index (χ3v) is 6.56. The quantitative estimate of drug-likeness (QED) is 0.182. The molecule has 190 valence electrons. The Labute approximate surface area is 210 Å². The van der Waals surface area contributed by atoms with E-state index in [4.69, 9.17) is 36.4 Å². The normalized spacial score (nSPS) is 17.9. The molecule has 1 aromatic heterocycles. The molecule has 1 spiro atoms. The van der Waals surface area contributed by atoms with Crippen molar-refractivity contribution < 1.29 is 19.0 Å². The van der Waals surface area contributed by atoms with E-state index in [9.17, 15) is 0 Å². The highest BCUT2D eigenvalue weighted by Crippen LogP contribution is 2.33. The highest BCUT2D eigenvalue weighted by Gasteiger charge is 2.41. The smallest absolute Gasteiger partial charge is 0.229 e. The number of nitrogen functional groups attached to an aromatic ring is 1. The number of nitrogens with two attached hydrogens (primary N) is 1. The van der Waals surface area contributed by atoms with E-state index in [2.05, 4.69) is 25.9 Å². The standard InChI is InChI=1S/C24H33ClN6O4/c1-17-20(23(28-16-27-17)35-18-4-5-22(26)21(25)11-18)10-19(32-2)12-34-30-7-3-8-31-9-6-24(13-29-31)14-33-15-24/h4-5,10-11,16,29-30H,3,6-9,12-15,26H2,1-2H3. The summed E-state index contributed by atoms with van der Waals surface area (Å²) in [7, 11) is 1.59. The van der Waals surface area contributed by atoms with Crippen molar-refractivity contribution in [2.24, 2.45) is 5.41 Å². The van der Waals surface area contributed by atoms with Gasteiger partial charge in [0.15, 0.2) is 0 Å². The van der Waals surface area contributed by atoms with Crippen LogP contribution in [-0.4, -0.2) is 68.1 Å². The van der Waals surface area contributed by atoms with Gasteiger partial charge >= 0.3 is 0 Å². The Morgan fingerprint density at radius 1 is 1.37 bits per heavy atom. The molecule has 4 rings (SSSR count). The fourth-order valence-corrected chi connectivity index (χ4v) is 4.07. The zero-order valence-corrected chi connectivity index (χ0v) is 20.9. The second-order valence-corrected chi connectivity index (χ2v) is 9.29. The fraction of sp³-hybridized carbons (Fsp3) is 0.500. The first-order valence-electron chi connectivity index (χ1n) is 11.7. The maximum Gasteiger partial charge on any atom is 0.229 e. The second-order valence-electron chi connectivity index (χ2n) is 8.88. The van der Waals surface area contributed by atoms with Gasteiger partial charge < -0.3 is 19.9 Å². The van der Waals surface area contributed by atoms with Crippen LogP contribution >= 0.6 is 11.6 Å². The summed E-state index contributed by atoms with van der Waals surface area (Å²) >= 11 is 6.11. The van der Waals surface area contributed by atoms with Crippen LogP contribution in [0.15, 0.2) is 30.3 Å². The minimum atomic E-state index is 0.239. The minimum absolute atomic E-state index is 0.239. The first kappa shape index (κ1) is 25.6. The first-order valence-corrected chi connectivity index (χ1v) is 12.1. The Morgan fingerprint density at radius 3 is 2.91 bits per heavy atom. The number of benzene rings is 1. The van der Waals surface area contributed by atoms with Gasteiger partial charge in [-0.2, -0.15) is 0 Å². The number of aromatic nitrogens is 2. The zero-order valence-electron chi connectivity index (χ0n) is 20.2. The fourth-order valence-electron chi connectivity index (χ4n) is 3.90. The van der Waals surface area contributed by atoms with Crippen LogP contribution < -0.4 is 21.4 Å². The Morgan fingerprint density at radius 2 is 2.23 bits per heavy atom. The van der Waals surface area contributed by atoms with E-state index in [-0.39, 0.29) is 6.61 Å². The number of hydrogen-bond acceptors (Lipinski definition) is 10. The molecule has 0 bridgehead atoms. The number of halogens is 1. The number of nitrogens with one attached hydrogen (secondary N) is 2. The lowest BCUT2D eigenvalue weighted by atomic mass is 9.81. The molecule has 2 aromatic rings. The summed E-state index contributed by atoms with van der Waals surface area (Å²) in [6.07, 6.45) is 5.40. The molecule has 0 saturated carbocycles. The highest BCUT2D eigenvalue weighted by molar-refractivity contribution is 6.33. The van der Waals surface area contributed by atoms with E-state index >= 15 is 0 Å². The Balaban J connectivity index is 1.24. The molecule has 2 saturated heterocycles. The van der Waals surface area contributed by atoms with Gasteiger partial charge in [0.2, 0.25) is 5.88 Å². The topological polar surface area (TPSA) is 116 Å². The van der Waals surface area contributed by atoms with Crippen molar-refractivity contribution in [1.82, 2.24) is 25.9 Å². The highest BCUT2D eigenvalue weighted by atomic mass is 35.5. The molecule has 0 amide bonds. The number of methoxy groups -OCH3 is 1. The second kappa shape index (κ2) is 12.0. The molecule has 4 N–H and O–H groups in total. The molecule has 0 radical (unpaired) electrons. The van der Waals surface area contributed by atoms with Gasteiger partial charge in [0, 0.05) is 37.7 Å². The third kappa shape index (κ3) is 6.81. The largest absolute Gasteiger partial charge is 0.499 e. The molecule has 1 aromatic carbocycles. The predicted molar refractivity (Wildman–Crippen MR) is 134 cm³/mol. The molecule has 0 unspecified atom stereocenters. The van der Waals surface area contributed by atoms with E-state index in [1.54, 1.807) is 25.3 Å². The van der Waals surface area contributed by atoms with Crippen molar-refractivity contribution in [2.45, 2.75) is 19.8 Å². The Hall–Kier alpha value is -2.47. The number of hydroxylamine groups is 1. The van der Waals surface area contributed by atoms with E-state index < -0.39 is 0 Å². The SMILES string of the molecule is COC(=Cc1c(C)ncnc1Oc1ccc(N)c(Cl)c1)CONCCCN1CCC2(CN1)COC2. The number of aryl methyl sites for hydroxylation is 1. The minimum Gasteiger partial charge on any atom is -0.499 e. The predicted octanol–water partition coefficient (Wildman–Crippen LogP) is 2.94. The van der Waals surface area contributed by atoms with Crippen LogP contribution in [0.2, 0.25) is 5.02 Å². The van der Waals surface area contributed by atoms with Crippen LogP contribution in [0, 0.1) is 12.3 Å². The molecular weight excluding hydrogens is 472 g/mol. The van der Waals surface area contributed by atoms with Crippen LogP contribution in [0.25, 0.3) is 6.08 Å². The molecule has 0 aliphatic carbocycles. The molecule has 35 heavy (non-hydrogen) atoms. The van der Waals surface area contributed by atoms with E-state index in [1.165, 1.54) is 12.7 Å². The summed E-state index contributed by atoms with van der Waals surface area (Å²) in [5.74, 6) is 1.50. The van der Waals surface area contributed by atoms with Crippen LogP contribution in [0.5, 0.6) is 11.6 Å². The Kier molecular flexibility index (Phi) is 8.77. The molecule has 2 aliphatic rings. The van der Waals surface area contributed by atoms with Gasteiger partial charge in [0.25, 0.3) is 0 Å². The summed E-state index contributed by atoms with van der Waals surface area (Å²) in [4.78, 5) is 14.2. The third-order valence-electron chi connectivity index (χ3n) is 6.23. The van der Waals surface area contributed by atoms with Crippen LogP contribution in [0.3, 0.4) is 0 Å². The molecule has 2 fully saturated rings. The zero-order chi connectivity index (χ0) is 24.7. The number of ether oxygens (including phenoxy) is 3. The molecule has 2 aliphatic heterocycles. The van der Waals surface area contributed by atoms with Gasteiger partial charge in [-0.1, -0.05) is 11.6 Å². The van der Waals surface area contributed by atoms with Crippen LogP contribution in [0.1, 0.15) is 24.1 Å².